The standard InChI is InChI=1S/C12H20N2O3/c15-10(16)12(5-3-1-2-4-6-12)9-14-8-7-13-11(14)17/h1-9H2,(H,13,17)(H,15,16). The van der Waals surface area contributed by atoms with Gasteiger partial charge in [0, 0.05) is 19.6 Å². The Bertz CT molecular complexity index is 309. The first-order valence-electron chi connectivity index (χ1n) is 6.40. The van der Waals surface area contributed by atoms with Gasteiger partial charge in [-0.3, -0.25) is 4.79 Å². The first-order valence-corrected chi connectivity index (χ1v) is 6.40. The molecule has 1 aliphatic carbocycles. The summed E-state index contributed by atoms with van der Waals surface area (Å²) in [6.45, 7) is 1.64. The maximum absolute atomic E-state index is 11.6. The molecule has 0 unspecified atom stereocenters. The molecule has 5 heteroatoms. The second kappa shape index (κ2) is 4.94. The van der Waals surface area contributed by atoms with E-state index in [1.165, 1.54) is 0 Å². The van der Waals surface area contributed by atoms with Crippen molar-refractivity contribution in [1.82, 2.24) is 10.2 Å². The molecule has 2 fully saturated rings. The van der Waals surface area contributed by atoms with Gasteiger partial charge in [-0.25, -0.2) is 4.79 Å². The normalized spacial score (nSPS) is 24.2. The summed E-state index contributed by atoms with van der Waals surface area (Å²) in [7, 11) is 0. The fourth-order valence-electron chi connectivity index (χ4n) is 2.87. The van der Waals surface area contributed by atoms with Crippen molar-refractivity contribution in [3.63, 3.8) is 0 Å². The summed E-state index contributed by atoms with van der Waals surface area (Å²) in [6.07, 6.45) is 5.55. The molecule has 2 aliphatic rings. The van der Waals surface area contributed by atoms with E-state index in [1.807, 2.05) is 0 Å². The topological polar surface area (TPSA) is 69.6 Å². The molecule has 0 aromatic heterocycles. The number of urea groups is 1. The first-order chi connectivity index (χ1) is 8.14. The highest BCUT2D eigenvalue weighted by molar-refractivity contribution is 5.79. The molecule has 2 N–H and O–H groups in total. The van der Waals surface area contributed by atoms with Crippen LogP contribution in [0, 0.1) is 5.41 Å². The Hall–Kier alpha value is -1.26. The molecule has 0 aromatic carbocycles. The van der Waals surface area contributed by atoms with Crippen LogP contribution in [0.3, 0.4) is 0 Å². The van der Waals surface area contributed by atoms with E-state index in [-0.39, 0.29) is 6.03 Å². The minimum Gasteiger partial charge on any atom is -0.481 e. The van der Waals surface area contributed by atoms with Gasteiger partial charge in [0.1, 0.15) is 0 Å². The summed E-state index contributed by atoms with van der Waals surface area (Å²) in [6, 6.07) is -0.116. The van der Waals surface area contributed by atoms with Gasteiger partial charge in [-0.2, -0.15) is 0 Å². The van der Waals surface area contributed by atoms with E-state index in [1.54, 1.807) is 4.90 Å². The lowest BCUT2D eigenvalue weighted by atomic mass is 9.80. The Morgan fingerprint density at radius 1 is 1.29 bits per heavy atom. The zero-order valence-electron chi connectivity index (χ0n) is 10.1. The second-order valence-electron chi connectivity index (χ2n) is 5.15. The van der Waals surface area contributed by atoms with Crippen LogP contribution in [-0.2, 0) is 4.79 Å². The van der Waals surface area contributed by atoms with Crippen molar-refractivity contribution >= 4 is 12.0 Å². The molecular weight excluding hydrogens is 220 g/mol. The molecule has 17 heavy (non-hydrogen) atoms. The van der Waals surface area contributed by atoms with E-state index in [2.05, 4.69) is 5.32 Å². The van der Waals surface area contributed by atoms with Crippen LogP contribution in [0.5, 0.6) is 0 Å². The van der Waals surface area contributed by atoms with Crippen molar-refractivity contribution in [2.45, 2.75) is 38.5 Å². The predicted molar refractivity (Wildman–Crippen MR) is 62.7 cm³/mol. The van der Waals surface area contributed by atoms with E-state index in [9.17, 15) is 14.7 Å². The zero-order valence-corrected chi connectivity index (χ0v) is 10.1. The Balaban J connectivity index is 2.09. The molecular formula is C12H20N2O3. The Morgan fingerprint density at radius 3 is 2.41 bits per heavy atom. The second-order valence-corrected chi connectivity index (χ2v) is 5.15. The number of hydrogen-bond acceptors (Lipinski definition) is 2. The third-order valence-electron chi connectivity index (χ3n) is 3.95. The summed E-state index contributed by atoms with van der Waals surface area (Å²) < 4.78 is 0. The predicted octanol–water partition coefficient (Wildman–Crippen LogP) is 1.44. The number of aliphatic carboxylic acids is 1. The van der Waals surface area contributed by atoms with Crippen molar-refractivity contribution in [3.8, 4) is 0 Å². The number of nitrogens with one attached hydrogen (secondary N) is 1. The van der Waals surface area contributed by atoms with Crippen LogP contribution >= 0.6 is 0 Å². The first kappa shape index (κ1) is 12.2. The molecule has 1 aliphatic heterocycles. The highest BCUT2D eigenvalue weighted by atomic mass is 16.4. The Kier molecular flexibility index (Phi) is 3.54. The van der Waals surface area contributed by atoms with Gasteiger partial charge in [0.2, 0.25) is 0 Å². The molecule has 2 rings (SSSR count). The van der Waals surface area contributed by atoms with Crippen LogP contribution in [0.1, 0.15) is 38.5 Å². The third-order valence-corrected chi connectivity index (χ3v) is 3.95. The smallest absolute Gasteiger partial charge is 0.317 e. The molecule has 0 radical (unpaired) electrons. The van der Waals surface area contributed by atoms with Crippen LogP contribution in [-0.4, -0.2) is 41.6 Å². The SMILES string of the molecule is O=C1NCCN1CC1(C(=O)O)CCCCCC1. The van der Waals surface area contributed by atoms with Gasteiger partial charge in [-0.1, -0.05) is 25.7 Å². The highest BCUT2D eigenvalue weighted by Crippen LogP contribution is 2.36. The van der Waals surface area contributed by atoms with E-state index >= 15 is 0 Å². The molecule has 5 nitrogen and oxygen atoms in total. The van der Waals surface area contributed by atoms with E-state index in [4.69, 9.17) is 0 Å². The van der Waals surface area contributed by atoms with Gasteiger partial charge in [-0.15, -0.1) is 0 Å². The zero-order chi connectivity index (χ0) is 12.3. The Labute approximate surface area is 101 Å². The van der Waals surface area contributed by atoms with Crippen LogP contribution < -0.4 is 5.32 Å². The van der Waals surface area contributed by atoms with E-state index < -0.39 is 11.4 Å². The lowest BCUT2D eigenvalue weighted by Gasteiger charge is -2.31. The molecule has 1 heterocycles. The summed E-state index contributed by atoms with van der Waals surface area (Å²) in [5, 5.41) is 12.2. The van der Waals surface area contributed by atoms with Crippen LogP contribution in [0.2, 0.25) is 0 Å². The minimum absolute atomic E-state index is 0.116. The number of carbonyl (C=O) groups is 2. The Morgan fingerprint density at radius 2 is 1.94 bits per heavy atom. The summed E-state index contributed by atoms with van der Waals surface area (Å²) in [5.41, 5.74) is -0.710. The molecule has 0 bridgehead atoms. The van der Waals surface area contributed by atoms with Crippen LogP contribution in [0.15, 0.2) is 0 Å². The van der Waals surface area contributed by atoms with Crippen LogP contribution in [0.25, 0.3) is 0 Å². The number of hydrogen-bond donors (Lipinski definition) is 2. The average molecular weight is 240 g/mol. The number of nitrogens with zero attached hydrogens (tertiary/aromatic N) is 1. The highest BCUT2D eigenvalue weighted by Gasteiger charge is 2.41. The molecule has 0 aromatic rings. The maximum Gasteiger partial charge on any atom is 0.317 e. The van der Waals surface area contributed by atoms with E-state index in [0.29, 0.717) is 32.5 Å². The third kappa shape index (κ3) is 2.53. The maximum atomic E-state index is 11.6. The van der Waals surface area contributed by atoms with Crippen LogP contribution in [0.4, 0.5) is 4.79 Å². The van der Waals surface area contributed by atoms with Gasteiger partial charge in [0.05, 0.1) is 5.41 Å². The van der Waals surface area contributed by atoms with E-state index in [0.717, 1.165) is 25.7 Å². The number of amides is 2. The average Bonchev–Trinajstić information content (AvgIpc) is 2.54. The van der Waals surface area contributed by atoms with Crippen molar-refractivity contribution in [3.05, 3.63) is 0 Å². The summed E-state index contributed by atoms with van der Waals surface area (Å²) in [5.74, 6) is -0.737. The van der Waals surface area contributed by atoms with Gasteiger partial charge in [0.15, 0.2) is 0 Å². The fraction of sp³-hybridized carbons (Fsp3) is 0.833. The largest absolute Gasteiger partial charge is 0.481 e. The molecule has 1 saturated carbocycles. The van der Waals surface area contributed by atoms with Gasteiger partial charge >= 0.3 is 12.0 Å². The summed E-state index contributed by atoms with van der Waals surface area (Å²) in [4.78, 5) is 24.7. The van der Waals surface area contributed by atoms with Crippen molar-refractivity contribution in [2.75, 3.05) is 19.6 Å². The molecule has 1 saturated heterocycles. The van der Waals surface area contributed by atoms with Crippen molar-refractivity contribution in [2.24, 2.45) is 5.41 Å². The van der Waals surface area contributed by atoms with Gasteiger partial charge < -0.3 is 15.3 Å². The monoisotopic (exact) mass is 240 g/mol. The lowest BCUT2D eigenvalue weighted by Crippen LogP contribution is -2.44. The fourth-order valence-corrected chi connectivity index (χ4v) is 2.87. The molecule has 2 amide bonds. The number of rotatable bonds is 3. The molecule has 96 valence electrons. The van der Waals surface area contributed by atoms with Gasteiger partial charge in [0.25, 0.3) is 0 Å². The minimum atomic E-state index is -0.737. The number of carboxylic acid groups (broad SMARTS) is 1. The molecule has 0 atom stereocenters. The number of carbonyl (C=O) groups excluding carboxylic acids is 1. The quantitative estimate of drug-likeness (QED) is 0.733. The van der Waals surface area contributed by atoms with Crippen molar-refractivity contribution < 1.29 is 14.7 Å². The number of carboxylic acids is 1. The molecule has 0 spiro atoms. The van der Waals surface area contributed by atoms with Gasteiger partial charge in [-0.05, 0) is 12.8 Å². The van der Waals surface area contributed by atoms with Crippen molar-refractivity contribution in [1.29, 1.82) is 0 Å². The lowest BCUT2D eigenvalue weighted by molar-refractivity contribution is -0.150. The summed E-state index contributed by atoms with van der Waals surface area (Å²) >= 11 is 0.